The molecule has 0 N–H and O–H groups in total. The van der Waals surface area contributed by atoms with E-state index in [1.165, 1.54) is 5.57 Å². The lowest BCUT2D eigenvalue weighted by atomic mass is 9.87. The van der Waals surface area contributed by atoms with E-state index in [0.717, 1.165) is 5.57 Å². The molecule has 0 aliphatic heterocycles. The molecule has 0 nitrogen and oxygen atoms in total. The van der Waals surface area contributed by atoms with Gasteiger partial charge in [0.2, 0.25) is 0 Å². The largest absolute Gasteiger partial charge is 0.0961 e. The first-order valence-corrected chi connectivity index (χ1v) is 3.68. The fourth-order valence-electron chi connectivity index (χ4n) is 0.586. The second-order valence-electron chi connectivity index (χ2n) is 3.92. The Hall–Kier alpha value is -0.520. The van der Waals surface area contributed by atoms with Crippen molar-refractivity contribution in [2.24, 2.45) is 5.41 Å². The molecular weight excluding hydrogens is 120 g/mol. The van der Waals surface area contributed by atoms with E-state index in [2.05, 4.69) is 40.3 Å². The van der Waals surface area contributed by atoms with Crippen molar-refractivity contribution in [1.82, 2.24) is 0 Å². The minimum atomic E-state index is 0.291. The van der Waals surface area contributed by atoms with Crippen molar-refractivity contribution >= 4 is 0 Å². The average Bonchev–Trinajstić information content (AvgIpc) is 1.60. The standard InChI is InChI=1S/C10H18/c1-8(2)7-9(3)10(4,5)6/h7H,1H2,2-6H3/b9-7-. The van der Waals surface area contributed by atoms with Gasteiger partial charge in [0.25, 0.3) is 0 Å². The van der Waals surface area contributed by atoms with E-state index in [0.29, 0.717) is 5.41 Å². The van der Waals surface area contributed by atoms with Gasteiger partial charge in [-0.2, -0.15) is 0 Å². The molecule has 0 bridgehead atoms. The Bertz CT molecular complexity index is 153. The normalized spacial score (nSPS) is 13.5. The molecule has 10 heavy (non-hydrogen) atoms. The van der Waals surface area contributed by atoms with Gasteiger partial charge in [0.15, 0.2) is 0 Å². The highest BCUT2D eigenvalue weighted by Gasteiger charge is 2.11. The van der Waals surface area contributed by atoms with Gasteiger partial charge in [0, 0.05) is 0 Å². The van der Waals surface area contributed by atoms with E-state index in [1.807, 2.05) is 6.92 Å². The summed E-state index contributed by atoms with van der Waals surface area (Å²) in [5, 5.41) is 0. The smallest absolute Gasteiger partial charge is 0.0173 e. The molecule has 0 fully saturated rings. The molecule has 0 saturated carbocycles. The molecule has 0 saturated heterocycles. The van der Waals surface area contributed by atoms with Crippen molar-refractivity contribution in [2.45, 2.75) is 34.6 Å². The predicted molar refractivity (Wildman–Crippen MR) is 48.0 cm³/mol. The van der Waals surface area contributed by atoms with E-state index < -0.39 is 0 Å². The van der Waals surface area contributed by atoms with Crippen LogP contribution in [-0.2, 0) is 0 Å². The highest BCUT2D eigenvalue weighted by molar-refractivity contribution is 5.20. The average molecular weight is 138 g/mol. The molecule has 0 atom stereocenters. The fourth-order valence-corrected chi connectivity index (χ4v) is 0.586. The van der Waals surface area contributed by atoms with Crippen molar-refractivity contribution in [3.05, 3.63) is 23.8 Å². The number of hydrogen-bond acceptors (Lipinski definition) is 0. The molecule has 0 radical (unpaired) electrons. The first-order chi connectivity index (χ1) is 4.34. The molecule has 0 aromatic heterocycles. The van der Waals surface area contributed by atoms with Gasteiger partial charge in [-0.25, -0.2) is 0 Å². The Balaban J connectivity index is 4.35. The Labute approximate surface area is 64.6 Å². The zero-order valence-corrected chi connectivity index (χ0v) is 7.78. The highest BCUT2D eigenvalue weighted by atomic mass is 14.2. The fraction of sp³-hybridized carbons (Fsp3) is 0.600. The number of hydrogen-bond donors (Lipinski definition) is 0. The third-order valence-corrected chi connectivity index (χ3v) is 1.65. The van der Waals surface area contributed by atoms with E-state index >= 15 is 0 Å². The van der Waals surface area contributed by atoms with Crippen LogP contribution in [0, 0.1) is 5.41 Å². The first kappa shape index (κ1) is 9.48. The quantitative estimate of drug-likeness (QED) is 0.486. The maximum absolute atomic E-state index is 3.83. The van der Waals surface area contributed by atoms with Crippen LogP contribution in [0.1, 0.15) is 34.6 Å². The van der Waals surface area contributed by atoms with E-state index in [-0.39, 0.29) is 0 Å². The second kappa shape index (κ2) is 3.05. The SMILES string of the molecule is C=C(C)/C=C(/C)C(C)(C)C. The van der Waals surface area contributed by atoms with Gasteiger partial charge >= 0.3 is 0 Å². The van der Waals surface area contributed by atoms with Crippen molar-refractivity contribution in [3.63, 3.8) is 0 Å². The summed E-state index contributed by atoms with van der Waals surface area (Å²) in [6.45, 7) is 14.6. The Kier molecular flexibility index (Phi) is 2.89. The van der Waals surface area contributed by atoms with Crippen LogP contribution in [-0.4, -0.2) is 0 Å². The zero-order valence-electron chi connectivity index (χ0n) is 7.78. The topological polar surface area (TPSA) is 0 Å². The third kappa shape index (κ3) is 3.49. The van der Waals surface area contributed by atoms with Crippen LogP contribution in [0.3, 0.4) is 0 Å². The van der Waals surface area contributed by atoms with E-state index in [4.69, 9.17) is 0 Å². The maximum atomic E-state index is 3.83. The van der Waals surface area contributed by atoms with Gasteiger partial charge in [-0.1, -0.05) is 44.6 Å². The highest BCUT2D eigenvalue weighted by Crippen LogP contribution is 2.24. The van der Waals surface area contributed by atoms with Gasteiger partial charge in [0.05, 0.1) is 0 Å². The second-order valence-corrected chi connectivity index (χ2v) is 3.92. The summed E-state index contributed by atoms with van der Waals surface area (Å²) in [6, 6.07) is 0. The van der Waals surface area contributed by atoms with Gasteiger partial charge in [-0.3, -0.25) is 0 Å². The summed E-state index contributed by atoms with van der Waals surface area (Å²) in [5.41, 5.74) is 2.81. The third-order valence-electron chi connectivity index (χ3n) is 1.65. The molecule has 0 aromatic rings. The summed E-state index contributed by atoms with van der Waals surface area (Å²) >= 11 is 0. The van der Waals surface area contributed by atoms with E-state index in [1.54, 1.807) is 0 Å². The van der Waals surface area contributed by atoms with Crippen molar-refractivity contribution in [2.75, 3.05) is 0 Å². The summed E-state index contributed by atoms with van der Waals surface area (Å²) in [7, 11) is 0. The maximum Gasteiger partial charge on any atom is -0.0173 e. The molecule has 0 aromatic carbocycles. The van der Waals surface area contributed by atoms with Crippen LogP contribution in [0.5, 0.6) is 0 Å². The van der Waals surface area contributed by atoms with Gasteiger partial charge < -0.3 is 0 Å². The predicted octanol–water partition coefficient (Wildman–Crippen LogP) is 3.55. The molecule has 0 heteroatoms. The molecule has 0 spiro atoms. The number of allylic oxidation sites excluding steroid dienone is 3. The summed E-state index contributed by atoms with van der Waals surface area (Å²) < 4.78 is 0. The molecule has 58 valence electrons. The van der Waals surface area contributed by atoms with Crippen LogP contribution < -0.4 is 0 Å². The van der Waals surface area contributed by atoms with Crippen LogP contribution in [0.2, 0.25) is 0 Å². The molecule has 0 aliphatic carbocycles. The monoisotopic (exact) mass is 138 g/mol. The minimum Gasteiger partial charge on any atom is -0.0961 e. The van der Waals surface area contributed by atoms with Crippen LogP contribution >= 0.6 is 0 Å². The van der Waals surface area contributed by atoms with Crippen LogP contribution in [0.25, 0.3) is 0 Å². The molecule has 0 amide bonds. The van der Waals surface area contributed by atoms with Crippen LogP contribution in [0.15, 0.2) is 23.8 Å². The lowest BCUT2D eigenvalue weighted by Gasteiger charge is -2.19. The number of rotatable bonds is 1. The summed E-state index contributed by atoms with van der Waals surface area (Å²) in [4.78, 5) is 0. The Morgan fingerprint density at radius 2 is 1.60 bits per heavy atom. The van der Waals surface area contributed by atoms with Gasteiger partial charge in [-0.15, -0.1) is 0 Å². The van der Waals surface area contributed by atoms with Gasteiger partial charge in [0.1, 0.15) is 0 Å². The summed E-state index contributed by atoms with van der Waals surface area (Å²) in [6.07, 6.45) is 2.14. The molecule has 0 unspecified atom stereocenters. The Morgan fingerprint density at radius 3 is 1.70 bits per heavy atom. The van der Waals surface area contributed by atoms with Crippen molar-refractivity contribution in [3.8, 4) is 0 Å². The minimum absolute atomic E-state index is 0.291. The first-order valence-electron chi connectivity index (χ1n) is 3.68. The molecule has 0 aliphatic rings. The molecule has 0 heterocycles. The van der Waals surface area contributed by atoms with Crippen LogP contribution in [0.4, 0.5) is 0 Å². The Morgan fingerprint density at radius 1 is 1.20 bits per heavy atom. The van der Waals surface area contributed by atoms with Gasteiger partial charge in [-0.05, 0) is 19.3 Å². The lowest BCUT2D eigenvalue weighted by molar-refractivity contribution is 0.503. The lowest BCUT2D eigenvalue weighted by Crippen LogP contribution is -2.06. The molecular formula is C10H18. The van der Waals surface area contributed by atoms with Crippen molar-refractivity contribution < 1.29 is 0 Å². The van der Waals surface area contributed by atoms with E-state index in [9.17, 15) is 0 Å². The van der Waals surface area contributed by atoms with Crippen molar-refractivity contribution in [1.29, 1.82) is 0 Å². The zero-order chi connectivity index (χ0) is 8.36. The summed E-state index contributed by atoms with van der Waals surface area (Å²) in [5.74, 6) is 0. The molecule has 0 rings (SSSR count).